The van der Waals surface area contributed by atoms with Gasteiger partial charge in [0.1, 0.15) is 0 Å². The predicted molar refractivity (Wildman–Crippen MR) is 143 cm³/mol. The van der Waals surface area contributed by atoms with Gasteiger partial charge in [-0.1, -0.05) is 39.5 Å². The fourth-order valence-corrected chi connectivity index (χ4v) is 8.17. The first kappa shape index (κ1) is 27.4. The van der Waals surface area contributed by atoms with Gasteiger partial charge in [-0.2, -0.15) is 0 Å². The number of unbranched alkanes of at least 4 members (excludes halogenated alkanes) is 5. The fraction of sp³-hybridized carbons (Fsp3) is 0.690. The summed E-state index contributed by atoms with van der Waals surface area (Å²) in [4.78, 5) is 36.3. The summed E-state index contributed by atoms with van der Waals surface area (Å²) in [5.41, 5.74) is 3.51. The van der Waals surface area contributed by atoms with Crippen molar-refractivity contribution in [1.82, 2.24) is 16.1 Å². The van der Waals surface area contributed by atoms with Crippen LogP contribution < -0.4 is 21.4 Å². The van der Waals surface area contributed by atoms with Crippen molar-refractivity contribution in [3.8, 4) is 0 Å². The number of benzene rings is 1. The largest absolute Gasteiger partial charge is 0.352 e. The second kappa shape index (κ2) is 11.4. The maximum Gasteiger partial charge on any atom is 0.319 e. The molecule has 4 aliphatic carbocycles. The Hall–Kier alpha value is -2.61. The summed E-state index contributed by atoms with van der Waals surface area (Å²) in [7, 11) is 0. The first-order valence-electron chi connectivity index (χ1n) is 14.0. The van der Waals surface area contributed by atoms with E-state index in [9.17, 15) is 14.4 Å². The molecule has 204 valence electrons. The van der Waals surface area contributed by atoms with Crippen molar-refractivity contribution in [2.45, 2.75) is 103 Å². The molecule has 1 aromatic rings. The normalized spacial score (nSPS) is 29.5. The summed E-state index contributed by atoms with van der Waals surface area (Å²) in [5.74, 6) is 0.272. The molecule has 0 aliphatic heterocycles. The highest BCUT2D eigenvalue weighted by Gasteiger charge is 2.60. The Balaban J connectivity index is 1.14. The number of nitrogens with one attached hydrogen (secondary N) is 4. The Morgan fingerprint density at radius 1 is 0.865 bits per heavy atom. The smallest absolute Gasteiger partial charge is 0.319 e. The summed E-state index contributed by atoms with van der Waals surface area (Å²) >= 11 is 0. The Labute approximate surface area is 220 Å². The van der Waals surface area contributed by atoms with E-state index in [0.717, 1.165) is 63.7 Å². The number of carbonyl (C=O) groups is 3. The number of hydrogen-bond acceptors (Lipinski definition) is 4. The van der Waals surface area contributed by atoms with Crippen molar-refractivity contribution in [2.24, 2.45) is 16.7 Å². The summed E-state index contributed by atoms with van der Waals surface area (Å²) in [6.45, 7) is 5.42. The molecule has 8 nitrogen and oxygen atoms in total. The third-order valence-electron chi connectivity index (χ3n) is 8.65. The molecular weight excluding hydrogens is 468 g/mol. The van der Waals surface area contributed by atoms with Crippen LogP contribution in [0.15, 0.2) is 24.3 Å². The first-order chi connectivity index (χ1) is 17.6. The highest BCUT2D eigenvalue weighted by Crippen LogP contribution is 2.66. The SMILES string of the molecule is C[C@]12CC3CC(NC(=O)Nc4ccc(C(=O)NCCCCCCCCC(=O)NO)cc4)(C1)C[C@@](C)(C3)C2. The third-order valence-corrected chi connectivity index (χ3v) is 8.65. The van der Waals surface area contributed by atoms with Crippen LogP contribution >= 0.6 is 0 Å². The van der Waals surface area contributed by atoms with Crippen LogP contribution in [-0.2, 0) is 4.79 Å². The molecule has 0 spiro atoms. The molecule has 4 atom stereocenters. The Morgan fingerprint density at radius 2 is 1.49 bits per heavy atom. The number of amides is 4. The molecule has 37 heavy (non-hydrogen) atoms. The van der Waals surface area contributed by atoms with Crippen LogP contribution in [0.1, 0.15) is 108 Å². The molecule has 0 aromatic heterocycles. The van der Waals surface area contributed by atoms with Crippen LogP contribution in [-0.4, -0.2) is 35.1 Å². The molecule has 8 heteroatoms. The fourth-order valence-electron chi connectivity index (χ4n) is 8.17. The molecule has 0 saturated heterocycles. The van der Waals surface area contributed by atoms with E-state index in [1.165, 1.54) is 19.3 Å². The van der Waals surface area contributed by atoms with Crippen LogP contribution in [0.3, 0.4) is 0 Å². The number of anilines is 1. The van der Waals surface area contributed by atoms with E-state index in [-0.39, 0.29) is 23.4 Å². The number of rotatable bonds is 12. The van der Waals surface area contributed by atoms with Gasteiger partial charge in [0.25, 0.3) is 5.91 Å². The van der Waals surface area contributed by atoms with Gasteiger partial charge in [0.05, 0.1) is 0 Å². The van der Waals surface area contributed by atoms with Crippen molar-refractivity contribution >= 4 is 23.5 Å². The zero-order valence-electron chi connectivity index (χ0n) is 22.5. The number of carbonyl (C=O) groups excluding carboxylic acids is 3. The van der Waals surface area contributed by atoms with E-state index in [4.69, 9.17) is 5.21 Å². The lowest BCUT2D eigenvalue weighted by atomic mass is 9.43. The minimum atomic E-state index is -0.337. The van der Waals surface area contributed by atoms with E-state index < -0.39 is 0 Å². The molecule has 5 rings (SSSR count). The van der Waals surface area contributed by atoms with Gasteiger partial charge in [0.2, 0.25) is 5.91 Å². The van der Waals surface area contributed by atoms with Gasteiger partial charge in [-0.05, 0) is 92.4 Å². The van der Waals surface area contributed by atoms with Crippen LogP contribution in [0, 0.1) is 16.7 Å². The molecule has 1 aromatic carbocycles. The van der Waals surface area contributed by atoms with E-state index in [2.05, 4.69) is 29.8 Å². The number of hydroxylamine groups is 1. The van der Waals surface area contributed by atoms with Crippen LogP contribution in [0.4, 0.5) is 10.5 Å². The Morgan fingerprint density at radius 3 is 2.11 bits per heavy atom. The van der Waals surface area contributed by atoms with Crippen LogP contribution in [0.5, 0.6) is 0 Å². The second-order valence-corrected chi connectivity index (χ2v) is 12.7. The summed E-state index contributed by atoms with van der Waals surface area (Å²) in [5, 5.41) is 17.8. The summed E-state index contributed by atoms with van der Waals surface area (Å²) < 4.78 is 0. The molecule has 0 heterocycles. The molecule has 0 radical (unpaired) electrons. The second-order valence-electron chi connectivity index (χ2n) is 12.7. The maximum atomic E-state index is 12.9. The van der Waals surface area contributed by atoms with E-state index in [0.29, 0.717) is 35.0 Å². The highest BCUT2D eigenvalue weighted by molar-refractivity contribution is 5.95. The van der Waals surface area contributed by atoms with Gasteiger partial charge < -0.3 is 16.0 Å². The molecule has 4 saturated carbocycles. The van der Waals surface area contributed by atoms with Crippen molar-refractivity contribution in [3.63, 3.8) is 0 Å². The van der Waals surface area contributed by atoms with Gasteiger partial charge in [-0.3, -0.25) is 14.8 Å². The molecule has 4 aliphatic rings. The van der Waals surface area contributed by atoms with Gasteiger partial charge in [0.15, 0.2) is 0 Å². The van der Waals surface area contributed by atoms with E-state index >= 15 is 0 Å². The molecule has 4 amide bonds. The van der Waals surface area contributed by atoms with Crippen molar-refractivity contribution in [2.75, 3.05) is 11.9 Å². The standard InChI is InChI=1S/C29H44N4O4/c1-27-15-21-16-28(2,18-27)20-29(17-21,19-27)32-26(36)31-23-12-10-22(11-13-23)25(35)30-14-8-6-4-3-5-7-9-24(34)33-37/h10-13,21,37H,3-9,14-20H2,1-2H3,(H,30,35)(H,33,34)(H2,31,32,36)/t21?,27-,28+,29?. The van der Waals surface area contributed by atoms with Crippen LogP contribution in [0.25, 0.3) is 0 Å². The minimum absolute atomic E-state index is 0.0940. The monoisotopic (exact) mass is 512 g/mol. The van der Waals surface area contributed by atoms with Gasteiger partial charge in [0, 0.05) is 29.8 Å². The predicted octanol–water partition coefficient (Wildman–Crippen LogP) is 5.52. The van der Waals surface area contributed by atoms with E-state index in [1.807, 2.05) is 0 Å². The molecule has 5 N–H and O–H groups in total. The van der Waals surface area contributed by atoms with Crippen LogP contribution in [0.2, 0.25) is 0 Å². The molecule has 2 unspecified atom stereocenters. The topological polar surface area (TPSA) is 120 Å². The minimum Gasteiger partial charge on any atom is -0.352 e. The van der Waals surface area contributed by atoms with Gasteiger partial charge in [-0.25, -0.2) is 10.3 Å². The van der Waals surface area contributed by atoms with Gasteiger partial charge in [-0.15, -0.1) is 0 Å². The lowest BCUT2D eigenvalue weighted by Gasteiger charge is -2.65. The van der Waals surface area contributed by atoms with Crippen molar-refractivity contribution in [3.05, 3.63) is 29.8 Å². The third kappa shape index (κ3) is 7.24. The molecular formula is C29H44N4O4. The van der Waals surface area contributed by atoms with E-state index in [1.54, 1.807) is 29.7 Å². The quantitative estimate of drug-likeness (QED) is 0.144. The zero-order chi connectivity index (χ0) is 26.5. The number of urea groups is 1. The zero-order valence-corrected chi connectivity index (χ0v) is 22.5. The lowest BCUT2D eigenvalue weighted by Crippen LogP contribution is -2.65. The average molecular weight is 513 g/mol. The van der Waals surface area contributed by atoms with Crippen molar-refractivity contribution in [1.29, 1.82) is 0 Å². The van der Waals surface area contributed by atoms with Gasteiger partial charge >= 0.3 is 6.03 Å². The lowest BCUT2D eigenvalue weighted by molar-refractivity contribution is -0.129. The molecule has 4 bridgehead atoms. The Kier molecular flexibility index (Phi) is 8.46. The number of hydrogen-bond donors (Lipinski definition) is 5. The van der Waals surface area contributed by atoms with Crippen molar-refractivity contribution < 1.29 is 19.6 Å². The highest BCUT2D eigenvalue weighted by atomic mass is 16.5. The summed E-state index contributed by atoms with van der Waals surface area (Å²) in [6.07, 6.45) is 13.2. The average Bonchev–Trinajstić information content (AvgIpc) is 2.80. The Bertz CT molecular complexity index is 961. The summed E-state index contributed by atoms with van der Waals surface area (Å²) in [6, 6.07) is 6.92. The maximum absolute atomic E-state index is 12.9. The molecule has 4 fully saturated rings. The first-order valence-corrected chi connectivity index (χ1v) is 14.0.